The fourth-order valence-electron chi connectivity index (χ4n) is 1.64. The van der Waals surface area contributed by atoms with Crippen molar-refractivity contribution in [2.24, 2.45) is 4.99 Å². The Bertz CT molecular complexity index is 609. The minimum absolute atomic E-state index is 0.198. The Morgan fingerprint density at radius 1 is 0.947 bits per heavy atom. The van der Waals surface area contributed by atoms with E-state index < -0.39 is 0 Å². The number of aliphatic imine (C=N–C) groups is 1. The summed E-state index contributed by atoms with van der Waals surface area (Å²) in [6.07, 6.45) is 0. The number of amidine groups is 1. The molecule has 0 saturated heterocycles. The second-order valence-electron chi connectivity index (χ2n) is 3.93. The summed E-state index contributed by atoms with van der Waals surface area (Å²) in [6, 6.07) is 19.2. The minimum atomic E-state index is 0.198. The molecule has 0 aliphatic carbocycles. The van der Waals surface area contributed by atoms with Gasteiger partial charge in [-0.25, -0.2) is 0 Å². The standard InChI is InChI=1S/C16H15N3/c1-18-15(13-8-4-2-5-9-13)12-19-16(17)14-10-6-3-7-11-14/h2-11,17-18H,1H3. The lowest BCUT2D eigenvalue weighted by Gasteiger charge is -2.02. The lowest BCUT2D eigenvalue weighted by Crippen LogP contribution is -2.05. The minimum Gasteiger partial charge on any atom is -0.380 e. The number of benzene rings is 2. The predicted molar refractivity (Wildman–Crippen MR) is 79.6 cm³/mol. The molecule has 0 spiro atoms. The van der Waals surface area contributed by atoms with Crippen molar-refractivity contribution < 1.29 is 0 Å². The molecule has 19 heavy (non-hydrogen) atoms. The molecule has 0 aromatic heterocycles. The number of nitrogens with zero attached hydrogens (tertiary/aromatic N) is 1. The van der Waals surface area contributed by atoms with E-state index in [2.05, 4.69) is 16.2 Å². The molecule has 0 aliphatic heterocycles. The van der Waals surface area contributed by atoms with Gasteiger partial charge in [0.2, 0.25) is 0 Å². The van der Waals surface area contributed by atoms with Gasteiger partial charge in [0.05, 0.1) is 0 Å². The highest BCUT2D eigenvalue weighted by molar-refractivity contribution is 6.03. The van der Waals surface area contributed by atoms with Crippen molar-refractivity contribution in [3.8, 4) is 0 Å². The Morgan fingerprint density at radius 2 is 1.47 bits per heavy atom. The van der Waals surface area contributed by atoms with Gasteiger partial charge in [-0.1, -0.05) is 60.7 Å². The van der Waals surface area contributed by atoms with Crippen LogP contribution in [0.4, 0.5) is 0 Å². The molecule has 0 fully saturated rings. The maximum Gasteiger partial charge on any atom is 0.161 e. The number of hydrogen-bond donors (Lipinski definition) is 2. The van der Waals surface area contributed by atoms with Gasteiger partial charge in [0.1, 0.15) is 5.70 Å². The van der Waals surface area contributed by atoms with E-state index in [9.17, 15) is 0 Å². The molecule has 0 unspecified atom stereocenters. The maximum absolute atomic E-state index is 7.89. The summed E-state index contributed by atoms with van der Waals surface area (Å²) in [7, 11) is 1.82. The van der Waals surface area contributed by atoms with Gasteiger partial charge in [-0.15, -0.1) is 0 Å². The van der Waals surface area contributed by atoms with Crippen LogP contribution in [0.25, 0.3) is 5.70 Å². The fraction of sp³-hybridized carbons (Fsp3) is 0.0625. The molecule has 94 valence electrons. The third kappa shape index (κ3) is 3.41. The summed E-state index contributed by atoms with van der Waals surface area (Å²) in [5.74, 6) is 3.09. The molecule has 2 N–H and O–H groups in total. The van der Waals surface area contributed by atoms with Crippen molar-refractivity contribution in [3.05, 3.63) is 71.8 Å². The van der Waals surface area contributed by atoms with Crippen molar-refractivity contribution in [1.29, 1.82) is 5.41 Å². The van der Waals surface area contributed by atoms with Crippen LogP contribution in [0.1, 0.15) is 11.1 Å². The zero-order chi connectivity index (χ0) is 13.5. The van der Waals surface area contributed by atoms with Crippen LogP contribution in [0.5, 0.6) is 0 Å². The highest BCUT2D eigenvalue weighted by atomic mass is 14.9. The topological polar surface area (TPSA) is 48.2 Å². The Kier molecular flexibility index (Phi) is 4.27. The number of nitrogens with one attached hydrogen (secondary N) is 2. The van der Waals surface area contributed by atoms with Crippen molar-refractivity contribution in [3.63, 3.8) is 0 Å². The predicted octanol–water partition coefficient (Wildman–Crippen LogP) is 2.94. The largest absolute Gasteiger partial charge is 0.380 e. The van der Waals surface area contributed by atoms with E-state index in [1.165, 1.54) is 0 Å². The second kappa shape index (κ2) is 6.34. The van der Waals surface area contributed by atoms with Gasteiger partial charge in [0, 0.05) is 24.0 Å². The maximum atomic E-state index is 7.89. The molecule has 0 atom stereocenters. The highest BCUT2D eigenvalue weighted by Gasteiger charge is 1.98. The first kappa shape index (κ1) is 12.8. The fourth-order valence-corrected chi connectivity index (χ4v) is 1.64. The van der Waals surface area contributed by atoms with Gasteiger partial charge < -0.3 is 5.32 Å². The van der Waals surface area contributed by atoms with Crippen molar-refractivity contribution in [2.45, 2.75) is 0 Å². The van der Waals surface area contributed by atoms with Crippen LogP contribution in [0, 0.1) is 5.41 Å². The second-order valence-corrected chi connectivity index (χ2v) is 3.93. The smallest absolute Gasteiger partial charge is 0.161 e. The van der Waals surface area contributed by atoms with Crippen molar-refractivity contribution >= 4 is 17.4 Å². The van der Waals surface area contributed by atoms with Crippen LogP contribution in [-0.2, 0) is 0 Å². The van der Waals surface area contributed by atoms with Crippen LogP contribution in [0.3, 0.4) is 0 Å². The Labute approximate surface area is 112 Å². The quantitative estimate of drug-likeness (QED) is 0.637. The summed E-state index contributed by atoms with van der Waals surface area (Å²) >= 11 is 0. The zero-order valence-electron chi connectivity index (χ0n) is 10.7. The van der Waals surface area contributed by atoms with E-state index >= 15 is 0 Å². The molecule has 0 radical (unpaired) electrons. The van der Waals surface area contributed by atoms with Gasteiger partial charge in [-0.2, -0.15) is 4.99 Å². The Hall–Kier alpha value is -2.64. The van der Waals surface area contributed by atoms with Crippen molar-refractivity contribution in [2.75, 3.05) is 7.05 Å². The molecule has 0 bridgehead atoms. The summed E-state index contributed by atoms with van der Waals surface area (Å²) in [4.78, 5) is 4.08. The van der Waals surface area contributed by atoms with E-state index in [4.69, 9.17) is 5.41 Å². The third-order valence-corrected chi connectivity index (χ3v) is 2.64. The van der Waals surface area contributed by atoms with E-state index in [1.807, 2.05) is 67.7 Å². The summed E-state index contributed by atoms with van der Waals surface area (Å²) in [6.45, 7) is 0. The molecule has 3 heteroatoms. The summed E-state index contributed by atoms with van der Waals surface area (Å²) in [5.41, 5.74) is 2.54. The lowest BCUT2D eigenvalue weighted by atomic mass is 10.2. The van der Waals surface area contributed by atoms with Crippen LogP contribution >= 0.6 is 0 Å². The van der Waals surface area contributed by atoms with E-state index in [-0.39, 0.29) is 5.84 Å². The average molecular weight is 249 g/mol. The van der Waals surface area contributed by atoms with Crippen LogP contribution in [0.15, 0.2) is 65.7 Å². The van der Waals surface area contributed by atoms with Gasteiger partial charge in [-0.3, -0.25) is 5.41 Å². The van der Waals surface area contributed by atoms with Gasteiger partial charge >= 0.3 is 0 Å². The van der Waals surface area contributed by atoms with Crippen LogP contribution in [0.2, 0.25) is 0 Å². The summed E-state index contributed by atoms with van der Waals surface area (Å²) in [5, 5.41) is 10.9. The molecule has 2 aromatic carbocycles. The van der Waals surface area contributed by atoms with Gasteiger partial charge in [-0.05, 0) is 0 Å². The normalized spacial score (nSPS) is 9.32. The molecule has 3 nitrogen and oxygen atoms in total. The average Bonchev–Trinajstić information content (AvgIpc) is 2.49. The number of rotatable bonds is 3. The summed E-state index contributed by atoms with van der Waals surface area (Å²) < 4.78 is 0. The molecule has 0 amide bonds. The van der Waals surface area contributed by atoms with Crippen molar-refractivity contribution in [1.82, 2.24) is 5.32 Å². The molecular formula is C16H15N3. The third-order valence-electron chi connectivity index (χ3n) is 2.64. The molecule has 0 heterocycles. The van der Waals surface area contributed by atoms with Crippen LogP contribution < -0.4 is 5.32 Å². The molecule has 2 aromatic rings. The molecule has 0 saturated carbocycles. The first-order chi connectivity index (χ1) is 9.31. The van der Waals surface area contributed by atoms with Gasteiger partial charge in [0.25, 0.3) is 0 Å². The first-order valence-electron chi connectivity index (χ1n) is 6.02. The zero-order valence-corrected chi connectivity index (χ0v) is 10.7. The highest BCUT2D eigenvalue weighted by Crippen LogP contribution is 2.07. The van der Waals surface area contributed by atoms with Crippen LogP contribution in [-0.4, -0.2) is 18.8 Å². The molecule has 0 aliphatic rings. The van der Waals surface area contributed by atoms with E-state index in [0.717, 1.165) is 16.8 Å². The van der Waals surface area contributed by atoms with Gasteiger partial charge in [0.15, 0.2) is 5.84 Å². The Balaban J connectivity index is 2.28. The lowest BCUT2D eigenvalue weighted by molar-refractivity contribution is 1.14. The molecular weight excluding hydrogens is 234 g/mol. The Morgan fingerprint density at radius 3 is 2.00 bits per heavy atom. The number of hydrogen-bond acceptors (Lipinski definition) is 2. The molecule has 2 rings (SSSR count). The first-order valence-corrected chi connectivity index (χ1v) is 6.02. The van der Waals surface area contributed by atoms with E-state index in [0.29, 0.717) is 0 Å². The van der Waals surface area contributed by atoms with E-state index in [1.54, 1.807) is 0 Å². The monoisotopic (exact) mass is 249 g/mol. The SMILES string of the molecule is CNC(=C=NC(=N)c1ccccc1)c1ccccc1.